The molecule has 37 heavy (non-hydrogen) atoms. The highest BCUT2D eigenvalue weighted by Gasteiger charge is 2.31. The summed E-state index contributed by atoms with van der Waals surface area (Å²) in [6.45, 7) is 7.01. The first-order valence-corrected chi connectivity index (χ1v) is 14.1. The van der Waals surface area contributed by atoms with Crippen molar-refractivity contribution in [3.8, 4) is 5.75 Å². The van der Waals surface area contributed by atoms with Crippen LogP contribution in [-0.4, -0.2) is 73.9 Å². The van der Waals surface area contributed by atoms with Crippen molar-refractivity contribution in [2.75, 3.05) is 45.7 Å². The maximum atomic E-state index is 13.8. The molecule has 9 heteroatoms. The lowest BCUT2D eigenvalue weighted by Gasteiger charge is -2.34. The third-order valence-corrected chi connectivity index (χ3v) is 6.84. The Morgan fingerprint density at radius 3 is 2.46 bits per heavy atom. The fraction of sp³-hybridized carbons (Fsp3) is 0.321. The zero-order valence-corrected chi connectivity index (χ0v) is 21.7. The van der Waals surface area contributed by atoms with Crippen molar-refractivity contribution < 1.29 is 27.2 Å². The lowest BCUT2D eigenvalue weighted by atomic mass is 9.98. The molecule has 1 atom stereocenters. The molecule has 1 aromatic heterocycles. The number of morpholine rings is 1. The SMILES string of the molecule is CS(=O)(=O)O.Cc1c(C(=O)c2ccc3ccccc3c2)c2cccc3c2n1[C@H](CN1CCOCC1)CO3. The van der Waals surface area contributed by atoms with Crippen LogP contribution in [0, 0.1) is 6.92 Å². The van der Waals surface area contributed by atoms with E-state index >= 15 is 0 Å². The van der Waals surface area contributed by atoms with Crippen molar-refractivity contribution in [1.29, 1.82) is 0 Å². The number of hydrogen-bond donors (Lipinski definition) is 1. The van der Waals surface area contributed by atoms with Crippen LogP contribution < -0.4 is 4.74 Å². The Morgan fingerprint density at radius 2 is 1.73 bits per heavy atom. The Kier molecular flexibility index (Phi) is 7.04. The molecular formula is C28H30N2O6S. The predicted molar refractivity (Wildman–Crippen MR) is 143 cm³/mol. The van der Waals surface area contributed by atoms with E-state index in [0.717, 1.165) is 77.1 Å². The van der Waals surface area contributed by atoms with Gasteiger partial charge in [-0.15, -0.1) is 0 Å². The number of fused-ring (bicyclic) bond motifs is 1. The molecule has 2 aliphatic heterocycles. The molecule has 6 rings (SSSR count). The Balaban J connectivity index is 0.000000514. The highest BCUT2D eigenvalue weighted by molar-refractivity contribution is 7.85. The molecule has 3 aromatic carbocycles. The Bertz CT molecular complexity index is 1560. The molecule has 0 amide bonds. The highest BCUT2D eigenvalue weighted by Crippen LogP contribution is 2.39. The van der Waals surface area contributed by atoms with Crippen LogP contribution in [0.3, 0.4) is 0 Å². The number of para-hydroxylation sites is 1. The van der Waals surface area contributed by atoms with Gasteiger partial charge in [0.25, 0.3) is 10.1 Å². The summed E-state index contributed by atoms with van der Waals surface area (Å²) in [5.41, 5.74) is 3.57. The Hall–Kier alpha value is -3.24. The molecule has 1 N–H and O–H groups in total. The zero-order chi connectivity index (χ0) is 26.2. The maximum Gasteiger partial charge on any atom is 0.261 e. The van der Waals surface area contributed by atoms with Gasteiger partial charge in [-0.25, -0.2) is 0 Å². The van der Waals surface area contributed by atoms with Gasteiger partial charge in [0.15, 0.2) is 5.78 Å². The number of hydrogen-bond acceptors (Lipinski definition) is 6. The number of carbonyl (C=O) groups excluding carboxylic acids is 1. The van der Waals surface area contributed by atoms with E-state index < -0.39 is 10.1 Å². The molecule has 0 unspecified atom stereocenters. The Morgan fingerprint density at radius 1 is 1.03 bits per heavy atom. The largest absolute Gasteiger partial charge is 0.489 e. The van der Waals surface area contributed by atoms with Crippen LogP contribution in [0.2, 0.25) is 0 Å². The first-order chi connectivity index (χ1) is 17.7. The second-order valence-corrected chi connectivity index (χ2v) is 11.0. The molecule has 194 valence electrons. The zero-order valence-electron chi connectivity index (χ0n) is 20.9. The molecular weight excluding hydrogens is 492 g/mol. The molecule has 8 nitrogen and oxygen atoms in total. The van der Waals surface area contributed by atoms with Crippen LogP contribution in [0.15, 0.2) is 60.7 Å². The molecule has 0 aliphatic carbocycles. The number of rotatable bonds is 4. The lowest BCUT2D eigenvalue weighted by Crippen LogP contribution is -2.42. The minimum absolute atomic E-state index is 0.0705. The molecule has 0 radical (unpaired) electrons. The third kappa shape index (κ3) is 5.40. The van der Waals surface area contributed by atoms with Gasteiger partial charge in [-0.05, 0) is 29.8 Å². The van der Waals surface area contributed by atoms with Gasteiger partial charge in [0, 0.05) is 36.3 Å². The van der Waals surface area contributed by atoms with E-state index in [4.69, 9.17) is 14.0 Å². The number of nitrogens with zero attached hydrogens (tertiary/aromatic N) is 2. The lowest BCUT2D eigenvalue weighted by molar-refractivity contribution is 0.0272. The topological polar surface area (TPSA) is 98.1 Å². The fourth-order valence-corrected chi connectivity index (χ4v) is 5.27. The molecule has 1 fully saturated rings. The quantitative estimate of drug-likeness (QED) is 0.318. The van der Waals surface area contributed by atoms with Gasteiger partial charge in [-0.1, -0.05) is 48.5 Å². The van der Waals surface area contributed by atoms with Gasteiger partial charge in [0.1, 0.15) is 12.4 Å². The second-order valence-electron chi connectivity index (χ2n) is 9.48. The van der Waals surface area contributed by atoms with Crippen LogP contribution in [0.1, 0.15) is 27.7 Å². The number of ether oxygens (including phenoxy) is 2. The minimum Gasteiger partial charge on any atom is -0.489 e. The van der Waals surface area contributed by atoms with Crippen LogP contribution in [0.4, 0.5) is 0 Å². The smallest absolute Gasteiger partial charge is 0.261 e. The number of carbonyl (C=O) groups is 1. The van der Waals surface area contributed by atoms with Crippen molar-refractivity contribution in [3.05, 3.63) is 77.5 Å². The van der Waals surface area contributed by atoms with Gasteiger partial charge >= 0.3 is 0 Å². The molecule has 3 heterocycles. The summed E-state index contributed by atoms with van der Waals surface area (Å²) < 4.78 is 39.9. The van der Waals surface area contributed by atoms with E-state index in [1.807, 2.05) is 42.5 Å². The highest BCUT2D eigenvalue weighted by atomic mass is 32.2. The van der Waals surface area contributed by atoms with E-state index in [-0.39, 0.29) is 11.8 Å². The van der Waals surface area contributed by atoms with Gasteiger partial charge < -0.3 is 14.0 Å². The van der Waals surface area contributed by atoms with Crippen LogP contribution >= 0.6 is 0 Å². The Labute approximate surface area is 216 Å². The standard InChI is InChI=1S/C27H26N2O3.CH4O3S/c1-18-25(27(30)21-10-9-19-5-2-3-6-20(19)15-21)23-7-4-8-24-26(23)29(18)22(17-32-24)16-28-11-13-31-14-12-28;1-5(2,3)4/h2-10,15,22H,11-14,16-17H2,1H3;1H3,(H,2,3,4)/t22-;/m1./s1. The summed E-state index contributed by atoms with van der Waals surface area (Å²) >= 11 is 0. The summed E-state index contributed by atoms with van der Waals surface area (Å²) in [6, 6.07) is 20.4. The normalized spacial score (nSPS) is 17.8. The van der Waals surface area contributed by atoms with Gasteiger partial charge in [-0.2, -0.15) is 8.42 Å². The van der Waals surface area contributed by atoms with E-state index in [1.165, 1.54) is 0 Å². The van der Waals surface area contributed by atoms with Crippen molar-refractivity contribution >= 4 is 37.6 Å². The van der Waals surface area contributed by atoms with Crippen molar-refractivity contribution in [2.45, 2.75) is 13.0 Å². The van der Waals surface area contributed by atoms with Crippen molar-refractivity contribution in [2.24, 2.45) is 0 Å². The summed E-state index contributed by atoms with van der Waals surface area (Å²) in [4.78, 5) is 16.2. The average molecular weight is 523 g/mol. The van der Waals surface area contributed by atoms with Crippen LogP contribution in [-0.2, 0) is 14.9 Å². The van der Waals surface area contributed by atoms with Gasteiger partial charge in [-0.3, -0.25) is 14.2 Å². The monoisotopic (exact) mass is 522 g/mol. The summed E-state index contributed by atoms with van der Waals surface area (Å²) in [7, 11) is -3.67. The molecule has 4 aromatic rings. The number of aromatic nitrogens is 1. The van der Waals surface area contributed by atoms with E-state index in [2.05, 4.69) is 34.6 Å². The summed E-state index contributed by atoms with van der Waals surface area (Å²) in [5, 5.41) is 3.20. The van der Waals surface area contributed by atoms with E-state index in [0.29, 0.717) is 12.9 Å². The molecule has 1 saturated heterocycles. The molecule has 0 saturated carbocycles. The van der Waals surface area contributed by atoms with Crippen LogP contribution in [0.5, 0.6) is 5.75 Å². The van der Waals surface area contributed by atoms with Gasteiger partial charge in [0.05, 0.1) is 36.6 Å². The third-order valence-electron chi connectivity index (χ3n) is 6.84. The van der Waals surface area contributed by atoms with E-state index in [9.17, 15) is 13.2 Å². The first-order valence-electron chi connectivity index (χ1n) is 12.2. The summed E-state index contributed by atoms with van der Waals surface area (Å²) in [5.74, 6) is 0.933. The number of benzene rings is 3. The number of ketones is 1. The first kappa shape index (κ1) is 25.4. The average Bonchev–Trinajstić information content (AvgIpc) is 3.18. The predicted octanol–water partition coefficient (Wildman–Crippen LogP) is 4.10. The fourth-order valence-electron chi connectivity index (χ4n) is 5.27. The molecule has 0 bridgehead atoms. The van der Waals surface area contributed by atoms with Crippen molar-refractivity contribution in [1.82, 2.24) is 9.47 Å². The van der Waals surface area contributed by atoms with Crippen LogP contribution in [0.25, 0.3) is 21.7 Å². The summed E-state index contributed by atoms with van der Waals surface area (Å²) in [6.07, 6.45) is 0.715. The minimum atomic E-state index is -3.67. The van der Waals surface area contributed by atoms with Crippen molar-refractivity contribution in [3.63, 3.8) is 0 Å². The maximum absolute atomic E-state index is 13.8. The van der Waals surface area contributed by atoms with E-state index in [1.54, 1.807) is 0 Å². The second kappa shape index (κ2) is 10.3. The molecule has 0 spiro atoms. The molecule has 2 aliphatic rings. The van der Waals surface area contributed by atoms with Gasteiger partial charge in [0.2, 0.25) is 0 Å².